The minimum atomic E-state index is -1.35. The lowest BCUT2D eigenvalue weighted by Crippen LogP contribution is -2.55. The maximum atomic E-state index is 12.7. The molecule has 13 nitrogen and oxygen atoms in total. The van der Waals surface area contributed by atoms with Crippen LogP contribution in [-0.2, 0) is 25.6 Å². The van der Waals surface area contributed by atoms with Gasteiger partial charge in [-0.3, -0.25) is 19.4 Å². The van der Waals surface area contributed by atoms with E-state index in [2.05, 4.69) is 15.6 Å². The molecule has 0 heterocycles. The topological polar surface area (TPSA) is 243 Å². The molecule has 0 spiro atoms. The van der Waals surface area contributed by atoms with Crippen LogP contribution in [0.4, 0.5) is 0 Å². The minimum absolute atomic E-state index is 0.000690. The van der Waals surface area contributed by atoms with E-state index in [4.69, 9.17) is 22.3 Å². The number of amides is 2. The number of hydrogen-bond donors (Lipinski definition) is 8. The average Bonchev–Trinajstić information content (AvgIpc) is 2.74. The average molecular weight is 466 g/mol. The van der Waals surface area contributed by atoms with Gasteiger partial charge in [-0.15, -0.1) is 0 Å². The normalized spacial score (nSPS) is 13.2. The van der Waals surface area contributed by atoms with Crippen LogP contribution < -0.4 is 27.8 Å². The van der Waals surface area contributed by atoms with Crippen molar-refractivity contribution in [2.45, 2.75) is 50.2 Å². The highest BCUT2D eigenvalue weighted by molar-refractivity contribution is 5.92. The first-order valence-electron chi connectivity index (χ1n) is 10.1. The number of hydrogen-bond acceptors (Lipinski definition) is 7. The van der Waals surface area contributed by atoms with Crippen LogP contribution in [0.15, 0.2) is 29.3 Å². The Hall–Kier alpha value is -3.87. The third-order valence-electron chi connectivity index (χ3n) is 4.57. The smallest absolute Gasteiger partial charge is 0.326 e. The Labute approximate surface area is 190 Å². The number of carbonyl (C=O) groups is 4. The van der Waals surface area contributed by atoms with Gasteiger partial charge in [0, 0.05) is 19.4 Å². The second-order valence-electron chi connectivity index (χ2n) is 7.32. The highest BCUT2D eigenvalue weighted by atomic mass is 16.4. The molecular formula is C20H30N6O7. The lowest BCUT2D eigenvalue weighted by molar-refractivity contribution is -0.143. The molecule has 0 saturated carbocycles. The number of nitrogens with two attached hydrogens (primary N) is 3. The van der Waals surface area contributed by atoms with Gasteiger partial charge < -0.3 is 43.2 Å². The molecule has 0 unspecified atom stereocenters. The number of phenols is 1. The highest BCUT2D eigenvalue weighted by Crippen LogP contribution is 2.12. The van der Waals surface area contributed by atoms with Crippen molar-refractivity contribution in [1.29, 1.82) is 0 Å². The Balaban J connectivity index is 2.81. The van der Waals surface area contributed by atoms with Crippen LogP contribution in [0.1, 0.15) is 31.2 Å². The van der Waals surface area contributed by atoms with Gasteiger partial charge >= 0.3 is 11.9 Å². The van der Waals surface area contributed by atoms with E-state index >= 15 is 0 Å². The number of benzene rings is 1. The molecule has 13 heteroatoms. The number of aromatic hydroxyl groups is 1. The number of guanidine groups is 1. The molecule has 0 aliphatic rings. The molecule has 0 aromatic heterocycles. The van der Waals surface area contributed by atoms with Crippen molar-refractivity contribution >= 4 is 29.7 Å². The van der Waals surface area contributed by atoms with Gasteiger partial charge in [0.05, 0.1) is 6.04 Å². The Kier molecular flexibility index (Phi) is 11.1. The fraction of sp³-hybridized carbons (Fsp3) is 0.450. The number of nitrogens with one attached hydrogen (secondary N) is 2. The first-order valence-corrected chi connectivity index (χ1v) is 10.1. The first-order chi connectivity index (χ1) is 15.5. The summed E-state index contributed by atoms with van der Waals surface area (Å²) in [5.74, 6) is -4.17. The fourth-order valence-corrected chi connectivity index (χ4v) is 2.81. The number of aliphatic imine (C=N–C) groups is 1. The minimum Gasteiger partial charge on any atom is -0.508 e. The second-order valence-corrected chi connectivity index (χ2v) is 7.32. The van der Waals surface area contributed by atoms with Gasteiger partial charge in [-0.25, -0.2) is 4.79 Å². The van der Waals surface area contributed by atoms with Gasteiger partial charge in [0.15, 0.2) is 5.96 Å². The third-order valence-corrected chi connectivity index (χ3v) is 4.57. The summed E-state index contributed by atoms with van der Waals surface area (Å²) in [5, 5.41) is 32.5. The van der Waals surface area contributed by atoms with Crippen molar-refractivity contribution in [3.05, 3.63) is 29.8 Å². The van der Waals surface area contributed by atoms with Crippen molar-refractivity contribution in [3.8, 4) is 5.75 Å². The second kappa shape index (κ2) is 13.5. The molecule has 1 aromatic rings. The van der Waals surface area contributed by atoms with Crippen molar-refractivity contribution in [2.75, 3.05) is 6.54 Å². The zero-order valence-corrected chi connectivity index (χ0v) is 17.9. The van der Waals surface area contributed by atoms with E-state index in [1.807, 2.05) is 0 Å². The van der Waals surface area contributed by atoms with Crippen LogP contribution in [0.2, 0.25) is 0 Å². The van der Waals surface area contributed by atoms with E-state index in [-0.39, 0.29) is 37.5 Å². The standard InChI is InChI=1S/C20H30N6O7/c21-13(2-1-9-24-20(22)23)17(30)25-14(7-8-16(28)29)18(31)26-15(19(32)33)10-11-3-5-12(27)6-4-11/h3-6,13-15,27H,1-2,7-10,21H2,(H,25,30)(H,26,31)(H,28,29)(H,32,33)(H4,22,23,24)/t13-,14-,15-/m0/s1. The number of carboxylic acid groups (broad SMARTS) is 2. The van der Waals surface area contributed by atoms with Gasteiger partial charge in [-0.05, 0) is 37.0 Å². The predicted molar refractivity (Wildman–Crippen MR) is 118 cm³/mol. The molecule has 0 saturated heterocycles. The van der Waals surface area contributed by atoms with E-state index in [0.29, 0.717) is 12.0 Å². The van der Waals surface area contributed by atoms with Crippen molar-refractivity contribution in [3.63, 3.8) is 0 Å². The van der Waals surface area contributed by atoms with Crippen LogP contribution in [0.25, 0.3) is 0 Å². The molecule has 3 atom stereocenters. The third kappa shape index (κ3) is 10.8. The highest BCUT2D eigenvalue weighted by Gasteiger charge is 2.28. The summed E-state index contributed by atoms with van der Waals surface area (Å²) >= 11 is 0. The van der Waals surface area contributed by atoms with Crippen LogP contribution in [-0.4, -0.2) is 69.7 Å². The predicted octanol–water partition coefficient (Wildman–Crippen LogP) is -1.77. The molecule has 0 bridgehead atoms. The first kappa shape index (κ1) is 27.2. The fourth-order valence-electron chi connectivity index (χ4n) is 2.81. The van der Waals surface area contributed by atoms with Crippen LogP contribution >= 0.6 is 0 Å². The van der Waals surface area contributed by atoms with E-state index in [1.54, 1.807) is 0 Å². The molecule has 0 fully saturated rings. The maximum Gasteiger partial charge on any atom is 0.326 e. The molecule has 2 amide bonds. The number of aliphatic carboxylic acids is 2. The number of carboxylic acids is 2. The van der Waals surface area contributed by atoms with Crippen LogP contribution in [0, 0.1) is 0 Å². The Bertz CT molecular complexity index is 855. The quantitative estimate of drug-likeness (QED) is 0.0871. The summed E-state index contributed by atoms with van der Waals surface area (Å²) in [7, 11) is 0. The number of rotatable bonds is 14. The summed E-state index contributed by atoms with van der Waals surface area (Å²) in [5.41, 5.74) is 16.8. The summed E-state index contributed by atoms with van der Waals surface area (Å²) in [6.45, 7) is 0.254. The van der Waals surface area contributed by atoms with Crippen LogP contribution in [0.5, 0.6) is 5.75 Å². The molecule has 1 rings (SSSR count). The van der Waals surface area contributed by atoms with Gasteiger partial charge in [0.25, 0.3) is 0 Å². The number of nitrogens with zero attached hydrogens (tertiary/aromatic N) is 1. The van der Waals surface area contributed by atoms with Gasteiger partial charge in [-0.1, -0.05) is 12.1 Å². The van der Waals surface area contributed by atoms with Gasteiger partial charge in [0.1, 0.15) is 17.8 Å². The Morgan fingerprint density at radius 1 is 0.939 bits per heavy atom. The molecule has 0 aliphatic heterocycles. The van der Waals surface area contributed by atoms with E-state index in [0.717, 1.165) is 0 Å². The van der Waals surface area contributed by atoms with Crippen molar-refractivity contribution in [2.24, 2.45) is 22.2 Å². The summed E-state index contributed by atoms with van der Waals surface area (Å²) < 4.78 is 0. The molecule has 11 N–H and O–H groups in total. The lowest BCUT2D eigenvalue weighted by Gasteiger charge is -2.22. The van der Waals surface area contributed by atoms with E-state index < -0.39 is 48.3 Å². The van der Waals surface area contributed by atoms with E-state index in [9.17, 15) is 29.4 Å². The number of carbonyl (C=O) groups excluding carboxylic acids is 2. The molecular weight excluding hydrogens is 436 g/mol. The van der Waals surface area contributed by atoms with Gasteiger partial charge in [0.2, 0.25) is 11.8 Å². The molecule has 182 valence electrons. The van der Waals surface area contributed by atoms with Crippen molar-refractivity contribution in [1.82, 2.24) is 10.6 Å². The molecule has 1 aromatic carbocycles. The van der Waals surface area contributed by atoms with Gasteiger partial charge in [-0.2, -0.15) is 0 Å². The zero-order chi connectivity index (χ0) is 25.0. The van der Waals surface area contributed by atoms with E-state index in [1.165, 1.54) is 24.3 Å². The Morgan fingerprint density at radius 2 is 1.55 bits per heavy atom. The lowest BCUT2D eigenvalue weighted by atomic mass is 10.0. The summed E-state index contributed by atoms with van der Waals surface area (Å²) in [6.07, 6.45) is -0.196. The Morgan fingerprint density at radius 3 is 2.09 bits per heavy atom. The largest absolute Gasteiger partial charge is 0.508 e. The summed E-state index contributed by atoms with van der Waals surface area (Å²) in [4.78, 5) is 51.4. The zero-order valence-electron chi connectivity index (χ0n) is 17.9. The molecule has 33 heavy (non-hydrogen) atoms. The maximum absolute atomic E-state index is 12.7. The summed E-state index contributed by atoms with van der Waals surface area (Å²) in [6, 6.07) is 2.09. The molecule has 0 aliphatic carbocycles. The molecule has 0 radical (unpaired) electrons. The van der Waals surface area contributed by atoms with Crippen LogP contribution in [0.3, 0.4) is 0 Å². The monoisotopic (exact) mass is 466 g/mol. The SMILES string of the molecule is NC(N)=NCCC[C@H](N)C(=O)N[C@@H](CCC(=O)O)C(=O)N[C@@H](Cc1ccc(O)cc1)C(=O)O. The van der Waals surface area contributed by atoms with Crippen molar-refractivity contribution < 1.29 is 34.5 Å². The number of phenolic OH excluding ortho intramolecular Hbond substituents is 1.